The number of ketones is 1. The first kappa shape index (κ1) is 21.1. The first-order valence-corrected chi connectivity index (χ1v) is 10.2. The fourth-order valence-corrected chi connectivity index (χ4v) is 4.37. The summed E-state index contributed by atoms with van der Waals surface area (Å²) in [4.78, 5) is 32.9. The van der Waals surface area contributed by atoms with E-state index in [9.17, 15) is 9.59 Å². The number of fused-ring (bicyclic) bond motifs is 1. The minimum Gasteiger partial charge on any atom is -0.465 e. The highest BCUT2D eigenvalue weighted by Crippen LogP contribution is 2.30. The van der Waals surface area contributed by atoms with E-state index in [-0.39, 0.29) is 5.78 Å². The lowest BCUT2D eigenvalue weighted by Gasteiger charge is -2.12. The number of para-hydroxylation sites is 2. The molecule has 1 atom stereocenters. The number of nitrogens with zero attached hydrogens (tertiary/aromatic N) is 2. The molecule has 0 aliphatic heterocycles. The Morgan fingerprint density at radius 2 is 1.97 bits per heavy atom. The number of rotatable bonds is 8. The first-order valence-electron chi connectivity index (χ1n) is 9.31. The van der Waals surface area contributed by atoms with Crippen molar-refractivity contribution in [3.8, 4) is 0 Å². The Balaban J connectivity index is 1.90. The number of hydrogen-bond acceptors (Lipinski definition) is 6. The SMILES string of the molecule is COCCn1c(S[C@H](C)C(=O)c2[nH]c(C)c(C(=O)OC)c2C)nc2ccccc21. The number of Topliss-reactive ketones (excluding diaryl/α,β-unsaturated/α-hetero) is 1. The summed E-state index contributed by atoms with van der Waals surface area (Å²) in [5.74, 6) is -0.534. The topological polar surface area (TPSA) is 86.2 Å². The third-order valence-corrected chi connectivity index (χ3v) is 5.95. The van der Waals surface area contributed by atoms with E-state index < -0.39 is 11.2 Å². The Hall–Kier alpha value is -2.58. The van der Waals surface area contributed by atoms with E-state index in [1.807, 2.05) is 31.2 Å². The second kappa shape index (κ2) is 8.84. The number of methoxy groups -OCH3 is 2. The molecular weight excluding hydrogens is 390 g/mol. The van der Waals surface area contributed by atoms with Gasteiger partial charge >= 0.3 is 5.97 Å². The highest BCUT2D eigenvalue weighted by Gasteiger charge is 2.27. The molecule has 2 heterocycles. The number of esters is 1. The third-order valence-electron chi connectivity index (χ3n) is 4.86. The molecule has 29 heavy (non-hydrogen) atoms. The van der Waals surface area contributed by atoms with Crippen molar-refractivity contribution in [2.45, 2.75) is 37.7 Å². The summed E-state index contributed by atoms with van der Waals surface area (Å²) in [7, 11) is 2.99. The Labute approximate surface area is 173 Å². The Kier molecular flexibility index (Phi) is 6.44. The Morgan fingerprint density at radius 3 is 2.66 bits per heavy atom. The second-order valence-corrected chi connectivity index (χ2v) is 8.08. The van der Waals surface area contributed by atoms with Crippen LogP contribution in [0.25, 0.3) is 11.0 Å². The molecule has 0 saturated carbocycles. The number of aromatic nitrogens is 3. The maximum Gasteiger partial charge on any atom is 0.339 e. The van der Waals surface area contributed by atoms with E-state index >= 15 is 0 Å². The molecule has 0 unspecified atom stereocenters. The molecule has 8 heteroatoms. The van der Waals surface area contributed by atoms with Crippen molar-refractivity contribution in [3.05, 3.63) is 46.8 Å². The van der Waals surface area contributed by atoms with Gasteiger partial charge < -0.3 is 19.0 Å². The van der Waals surface area contributed by atoms with Gasteiger partial charge in [0.25, 0.3) is 0 Å². The molecule has 0 radical (unpaired) electrons. The number of hydrogen-bond donors (Lipinski definition) is 1. The molecule has 3 aromatic rings. The van der Waals surface area contributed by atoms with Crippen molar-refractivity contribution >= 4 is 34.5 Å². The maximum absolute atomic E-state index is 13.1. The number of thioether (sulfide) groups is 1. The van der Waals surface area contributed by atoms with Crippen LogP contribution >= 0.6 is 11.8 Å². The van der Waals surface area contributed by atoms with Gasteiger partial charge in [-0.05, 0) is 38.5 Å². The summed E-state index contributed by atoms with van der Waals surface area (Å²) in [6, 6.07) is 7.88. The fraction of sp³-hybridized carbons (Fsp3) is 0.381. The lowest BCUT2D eigenvalue weighted by molar-refractivity contribution is 0.0599. The van der Waals surface area contributed by atoms with Gasteiger partial charge in [0.2, 0.25) is 0 Å². The van der Waals surface area contributed by atoms with Crippen LogP contribution < -0.4 is 0 Å². The molecule has 0 spiro atoms. The summed E-state index contributed by atoms with van der Waals surface area (Å²) in [5, 5.41) is 0.369. The molecule has 3 rings (SSSR count). The van der Waals surface area contributed by atoms with Gasteiger partial charge in [0.05, 0.1) is 41.3 Å². The van der Waals surface area contributed by atoms with E-state index in [4.69, 9.17) is 14.5 Å². The molecule has 0 bridgehead atoms. The summed E-state index contributed by atoms with van der Waals surface area (Å²) in [6.07, 6.45) is 0. The van der Waals surface area contributed by atoms with Crippen LogP contribution in [0.1, 0.15) is 39.0 Å². The van der Waals surface area contributed by atoms with Gasteiger partial charge in [-0.1, -0.05) is 23.9 Å². The van der Waals surface area contributed by atoms with Crippen molar-refractivity contribution in [2.24, 2.45) is 0 Å². The zero-order valence-electron chi connectivity index (χ0n) is 17.2. The number of aryl methyl sites for hydroxylation is 1. The predicted molar refractivity (Wildman–Crippen MR) is 113 cm³/mol. The molecule has 154 valence electrons. The van der Waals surface area contributed by atoms with Crippen molar-refractivity contribution in [1.29, 1.82) is 0 Å². The van der Waals surface area contributed by atoms with E-state index in [0.717, 1.165) is 16.2 Å². The van der Waals surface area contributed by atoms with Crippen molar-refractivity contribution < 1.29 is 19.1 Å². The molecule has 0 aliphatic carbocycles. The first-order chi connectivity index (χ1) is 13.9. The summed E-state index contributed by atoms with van der Waals surface area (Å²) >= 11 is 1.40. The minimum absolute atomic E-state index is 0.0869. The Bertz CT molecular complexity index is 1050. The number of aromatic amines is 1. The highest BCUT2D eigenvalue weighted by molar-refractivity contribution is 8.00. The van der Waals surface area contributed by atoms with Gasteiger partial charge in [0.1, 0.15) is 0 Å². The van der Waals surface area contributed by atoms with Crippen LogP contribution in [0.4, 0.5) is 0 Å². The lowest BCUT2D eigenvalue weighted by atomic mass is 10.1. The summed E-state index contributed by atoms with van der Waals surface area (Å²) in [5.41, 5.74) is 3.97. The van der Waals surface area contributed by atoms with E-state index in [0.29, 0.717) is 35.7 Å². The van der Waals surface area contributed by atoms with Gasteiger partial charge in [-0.2, -0.15) is 0 Å². The van der Waals surface area contributed by atoms with Crippen LogP contribution in [0, 0.1) is 13.8 Å². The van der Waals surface area contributed by atoms with Gasteiger partial charge in [-0.15, -0.1) is 0 Å². The number of benzene rings is 1. The maximum atomic E-state index is 13.1. The van der Waals surface area contributed by atoms with Crippen molar-refractivity contribution in [3.63, 3.8) is 0 Å². The molecular formula is C21H25N3O4S. The smallest absolute Gasteiger partial charge is 0.339 e. The largest absolute Gasteiger partial charge is 0.465 e. The number of imidazole rings is 1. The van der Waals surface area contributed by atoms with Crippen LogP contribution in [0.3, 0.4) is 0 Å². The minimum atomic E-state index is -0.447. The van der Waals surface area contributed by atoms with Crippen LogP contribution in [0.2, 0.25) is 0 Å². The molecule has 1 N–H and O–H groups in total. The summed E-state index contributed by atoms with van der Waals surface area (Å²) < 4.78 is 12.1. The predicted octanol–water partition coefficient (Wildman–Crippen LogP) is 3.78. The van der Waals surface area contributed by atoms with Crippen LogP contribution in [0.15, 0.2) is 29.4 Å². The second-order valence-electron chi connectivity index (χ2n) is 6.77. The van der Waals surface area contributed by atoms with Gasteiger partial charge in [0, 0.05) is 19.3 Å². The highest BCUT2D eigenvalue weighted by atomic mass is 32.2. The van der Waals surface area contributed by atoms with E-state index in [1.165, 1.54) is 18.9 Å². The normalized spacial score (nSPS) is 12.3. The Morgan fingerprint density at radius 1 is 1.24 bits per heavy atom. The lowest BCUT2D eigenvalue weighted by Crippen LogP contribution is -2.17. The number of carbonyl (C=O) groups excluding carboxylic acids is 2. The van der Waals surface area contributed by atoms with Crippen molar-refractivity contribution in [1.82, 2.24) is 14.5 Å². The van der Waals surface area contributed by atoms with Crippen LogP contribution in [0.5, 0.6) is 0 Å². The zero-order valence-corrected chi connectivity index (χ0v) is 18.1. The molecule has 0 saturated heterocycles. The average molecular weight is 416 g/mol. The quantitative estimate of drug-likeness (QED) is 0.342. The molecule has 0 aliphatic rings. The summed E-state index contributed by atoms with van der Waals surface area (Å²) in [6.45, 7) is 6.56. The van der Waals surface area contributed by atoms with Crippen LogP contribution in [-0.2, 0) is 16.0 Å². The third kappa shape index (κ3) is 4.09. The van der Waals surface area contributed by atoms with Crippen molar-refractivity contribution in [2.75, 3.05) is 20.8 Å². The molecule has 0 amide bonds. The van der Waals surface area contributed by atoms with Crippen LogP contribution in [-0.4, -0.2) is 52.4 Å². The number of carbonyl (C=O) groups is 2. The zero-order chi connectivity index (χ0) is 21.1. The van der Waals surface area contributed by atoms with E-state index in [1.54, 1.807) is 21.0 Å². The molecule has 7 nitrogen and oxygen atoms in total. The molecule has 1 aromatic carbocycles. The average Bonchev–Trinajstić information content (AvgIpc) is 3.21. The monoisotopic (exact) mass is 415 g/mol. The standard InChI is InChI=1S/C21H25N3O4S/c1-12-17(20(26)28-5)13(2)22-18(12)19(25)14(3)29-21-23-15-8-6-7-9-16(15)24(21)10-11-27-4/h6-9,14,22H,10-11H2,1-5H3/t14-/m1/s1. The molecule has 0 fully saturated rings. The van der Waals surface area contributed by atoms with Gasteiger partial charge in [-0.25, -0.2) is 9.78 Å². The fourth-order valence-electron chi connectivity index (χ4n) is 3.36. The molecule has 2 aromatic heterocycles. The number of ether oxygens (including phenoxy) is 2. The van der Waals surface area contributed by atoms with E-state index in [2.05, 4.69) is 9.55 Å². The number of nitrogens with one attached hydrogen (secondary N) is 1. The number of H-pyrrole nitrogens is 1. The van der Waals surface area contributed by atoms with Gasteiger partial charge in [-0.3, -0.25) is 4.79 Å². The van der Waals surface area contributed by atoms with Gasteiger partial charge in [0.15, 0.2) is 10.9 Å².